The lowest BCUT2D eigenvalue weighted by molar-refractivity contribution is -0.153. The van der Waals surface area contributed by atoms with Gasteiger partial charge in [-0.1, -0.05) is 12.1 Å². The third-order valence-electron chi connectivity index (χ3n) is 4.63. The van der Waals surface area contributed by atoms with Crippen molar-refractivity contribution in [2.24, 2.45) is 4.99 Å². The Hall–Kier alpha value is -3.60. The van der Waals surface area contributed by atoms with E-state index in [4.69, 9.17) is 14.2 Å². The molecule has 10 nitrogen and oxygen atoms in total. The summed E-state index contributed by atoms with van der Waals surface area (Å²) >= 11 is 0. The molecule has 2 atom stereocenters. The van der Waals surface area contributed by atoms with Crippen LogP contribution in [0, 0.1) is 0 Å². The SMILES string of the molecule is C[C@H](N=C1NS(=O)(=O)c2ccccc21)C(=O)O[C@H](C)C(=O)Nc1ccc2c(c1)OCO2. The third kappa shape index (κ3) is 4.17. The summed E-state index contributed by atoms with van der Waals surface area (Å²) in [6, 6.07) is 10.2. The van der Waals surface area contributed by atoms with E-state index in [9.17, 15) is 18.0 Å². The van der Waals surface area contributed by atoms with Crippen molar-refractivity contribution in [3.63, 3.8) is 0 Å². The number of aliphatic imine (C=N–C) groups is 1. The normalized spacial score (nSPS) is 18.6. The van der Waals surface area contributed by atoms with Crippen LogP contribution in [0.1, 0.15) is 19.4 Å². The van der Waals surface area contributed by atoms with E-state index in [1.54, 1.807) is 36.4 Å². The summed E-state index contributed by atoms with van der Waals surface area (Å²) in [5.74, 6) is -0.179. The van der Waals surface area contributed by atoms with Gasteiger partial charge in [-0.05, 0) is 38.1 Å². The molecule has 2 aromatic carbocycles. The van der Waals surface area contributed by atoms with E-state index in [1.165, 1.54) is 19.9 Å². The number of carbonyl (C=O) groups is 2. The fraction of sp³-hybridized carbons (Fsp3) is 0.250. The standard InChI is InChI=1S/C20H19N3O7S/c1-11(21-18-14-5-3-4-6-17(14)31(26,27)23-18)20(25)30-12(2)19(24)22-13-7-8-15-16(9-13)29-10-28-15/h3-9,11-12H,10H2,1-2H3,(H,21,23)(H,22,24)/t11-,12+/m0/s1. The molecule has 0 radical (unpaired) electrons. The molecule has 2 aromatic rings. The van der Waals surface area contributed by atoms with E-state index < -0.39 is 34.0 Å². The number of amidine groups is 1. The Morgan fingerprint density at radius 2 is 1.87 bits per heavy atom. The third-order valence-corrected chi connectivity index (χ3v) is 6.03. The molecule has 0 spiro atoms. The maximum absolute atomic E-state index is 12.4. The Balaban J connectivity index is 1.40. The molecule has 2 aliphatic rings. The zero-order valence-corrected chi connectivity index (χ0v) is 17.4. The van der Waals surface area contributed by atoms with Crippen LogP contribution in [0.2, 0.25) is 0 Å². The van der Waals surface area contributed by atoms with Gasteiger partial charge in [0.25, 0.3) is 15.9 Å². The smallest absolute Gasteiger partial charge is 0.331 e. The van der Waals surface area contributed by atoms with Crippen molar-refractivity contribution in [2.45, 2.75) is 30.9 Å². The first-order valence-corrected chi connectivity index (χ1v) is 10.8. The van der Waals surface area contributed by atoms with Crippen LogP contribution in [-0.2, 0) is 24.3 Å². The summed E-state index contributed by atoms with van der Waals surface area (Å²) in [5.41, 5.74) is 0.832. The van der Waals surface area contributed by atoms with Crippen LogP contribution in [0.15, 0.2) is 52.4 Å². The van der Waals surface area contributed by atoms with Gasteiger partial charge in [0.15, 0.2) is 17.6 Å². The van der Waals surface area contributed by atoms with Crippen molar-refractivity contribution in [3.05, 3.63) is 48.0 Å². The number of esters is 1. The second-order valence-corrected chi connectivity index (χ2v) is 8.54. The molecular weight excluding hydrogens is 426 g/mol. The molecule has 162 valence electrons. The van der Waals surface area contributed by atoms with Gasteiger partial charge in [0.1, 0.15) is 11.9 Å². The van der Waals surface area contributed by atoms with Gasteiger partial charge < -0.3 is 19.5 Å². The van der Waals surface area contributed by atoms with Crippen molar-refractivity contribution in [1.82, 2.24) is 4.72 Å². The molecule has 0 fully saturated rings. The highest BCUT2D eigenvalue weighted by Crippen LogP contribution is 2.34. The van der Waals surface area contributed by atoms with Crippen LogP contribution < -0.4 is 19.5 Å². The van der Waals surface area contributed by atoms with Gasteiger partial charge in [-0.2, -0.15) is 0 Å². The number of ether oxygens (including phenoxy) is 3. The van der Waals surface area contributed by atoms with Crippen molar-refractivity contribution >= 4 is 33.4 Å². The van der Waals surface area contributed by atoms with Gasteiger partial charge in [-0.15, -0.1) is 0 Å². The van der Waals surface area contributed by atoms with Crippen LogP contribution >= 0.6 is 0 Å². The predicted molar refractivity (Wildman–Crippen MR) is 110 cm³/mol. The maximum Gasteiger partial charge on any atom is 0.331 e. The molecule has 0 aromatic heterocycles. The van der Waals surface area contributed by atoms with Gasteiger partial charge in [0.2, 0.25) is 6.79 Å². The summed E-state index contributed by atoms with van der Waals surface area (Å²) in [5, 5.41) is 2.63. The number of fused-ring (bicyclic) bond motifs is 2. The Morgan fingerprint density at radius 3 is 2.68 bits per heavy atom. The minimum absolute atomic E-state index is 0.0533. The van der Waals surface area contributed by atoms with Crippen molar-refractivity contribution < 1.29 is 32.2 Å². The number of sulfonamides is 1. The Kier molecular flexibility index (Phi) is 5.27. The number of nitrogens with one attached hydrogen (secondary N) is 2. The number of hydrogen-bond acceptors (Lipinski definition) is 8. The average Bonchev–Trinajstić information content (AvgIpc) is 3.30. The molecular formula is C20H19N3O7S. The topological polar surface area (TPSA) is 132 Å². The molecule has 0 aliphatic carbocycles. The molecule has 0 bridgehead atoms. The van der Waals surface area contributed by atoms with E-state index in [-0.39, 0.29) is 17.5 Å². The molecule has 0 saturated heterocycles. The first-order chi connectivity index (χ1) is 14.7. The molecule has 31 heavy (non-hydrogen) atoms. The fourth-order valence-corrected chi connectivity index (χ4v) is 4.26. The van der Waals surface area contributed by atoms with Crippen LogP contribution in [-0.4, -0.2) is 45.1 Å². The Labute approximate surface area is 178 Å². The number of anilines is 1. The summed E-state index contributed by atoms with van der Waals surface area (Å²) in [6.45, 7) is 2.99. The van der Waals surface area contributed by atoms with Gasteiger partial charge in [0, 0.05) is 17.3 Å². The lowest BCUT2D eigenvalue weighted by atomic mass is 10.2. The molecule has 2 aliphatic heterocycles. The number of amides is 1. The number of nitrogens with zero attached hydrogens (tertiary/aromatic N) is 1. The average molecular weight is 445 g/mol. The highest BCUT2D eigenvalue weighted by atomic mass is 32.2. The van der Waals surface area contributed by atoms with E-state index in [0.29, 0.717) is 22.7 Å². The summed E-state index contributed by atoms with van der Waals surface area (Å²) in [7, 11) is -3.72. The van der Waals surface area contributed by atoms with E-state index in [2.05, 4.69) is 15.0 Å². The number of benzene rings is 2. The predicted octanol–water partition coefficient (Wildman–Crippen LogP) is 1.41. The molecule has 4 rings (SSSR count). The van der Waals surface area contributed by atoms with Crippen molar-refractivity contribution in [1.29, 1.82) is 0 Å². The maximum atomic E-state index is 12.4. The zero-order chi connectivity index (χ0) is 22.2. The summed E-state index contributed by atoms with van der Waals surface area (Å²) in [6.07, 6.45) is -1.10. The van der Waals surface area contributed by atoms with Crippen LogP contribution in [0.25, 0.3) is 0 Å². The lowest BCUT2D eigenvalue weighted by Crippen LogP contribution is -2.33. The number of rotatable bonds is 5. The summed E-state index contributed by atoms with van der Waals surface area (Å²) in [4.78, 5) is 29.0. The Morgan fingerprint density at radius 1 is 1.13 bits per heavy atom. The van der Waals surface area contributed by atoms with Gasteiger partial charge in [0.05, 0.1) is 4.90 Å². The monoisotopic (exact) mass is 445 g/mol. The number of carbonyl (C=O) groups excluding carboxylic acids is 2. The molecule has 1 amide bonds. The molecule has 2 heterocycles. The number of hydrogen-bond donors (Lipinski definition) is 2. The van der Waals surface area contributed by atoms with Crippen LogP contribution in [0.5, 0.6) is 11.5 Å². The minimum atomic E-state index is -3.72. The van der Waals surface area contributed by atoms with E-state index in [0.717, 1.165) is 0 Å². The van der Waals surface area contributed by atoms with Gasteiger partial charge >= 0.3 is 5.97 Å². The highest BCUT2D eigenvalue weighted by Gasteiger charge is 2.31. The first-order valence-electron chi connectivity index (χ1n) is 9.35. The van der Waals surface area contributed by atoms with Crippen molar-refractivity contribution in [3.8, 4) is 11.5 Å². The van der Waals surface area contributed by atoms with Gasteiger partial charge in [-0.3, -0.25) is 14.5 Å². The second kappa shape index (κ2) is 7.91. The fourth-order valence-electron chi connectivity index (χ4n) is 3.02. The molecule has 11 heteroatoms. The quantitative estimate of drug-likeness (QED) is 0.665. The minimum Gasteiger partial charge on any atom is -0.454 e. The van der Waals surface area contributed by atoms with Gasteiger partial charge in [-0.25, -0.2) is 13.2 Å². The van der Waals surface area contributed by atoms with Crippen molar-refractivity contribution in [2.75, 3.05) is 12.1 Å². The lowest BCUT2D eigenvalue weighted by Gasteiger charge is -2.15. The molecule has 0 saturated carbocycles. The van der Waals surface area contributed by atoms with Crippen LogP contribution in [0.3, 0.4) is 0 Å². The molecule has 0 unspecified atom stereocenters. The summed E-state index contributed by atoms with van der Waals surface area (Å²) < 4.78 is 42.3. The largest absolute Gasteiger partial charge is 0.454 e. The Bertz CT molecular complexity index is 1190. The highest BCUT2D eigenvalue weighted by molar-refractivity contribution is 7.90. The van der Waals surface area contributed by atoms with Crippen LogP contribution in [0.4, 0.5) is 5.69 Å². The zero-order valence-electron chi connectivity index (χ0n) is 16.6. The molecule has 2 N–H and O–H groups in total. The van der Waals surface area contributed by atoms with E-state index >= 15 is 0 Å². The second-order valence-electron chi connectivity index (χ2n) is 6.89. The first kappa shape index (κ1) is 20.7. The van der Waals surface area contributed by atoms with E-state index in [1.807, 2.05) is 0 Å².